The Morgan fingerprint density at radius 3 is 2.61 bits per heavy atom. The largest absolute Gasteiger partial charge is 0.368 e. The third-order valence-corrected chi connectivity index (χ3v) is 8.90. The number of hydrogen-bond acceptors (Lipinski definition) is 5. The van der Waals surface area contributed by atoms with Crippen LogP contribution in [-0.2, 0) is 16.0 Å². The van der Waals surface area contributed by atoms with Crippen molar-refractivity contribution in [3.8, 4) is 0 Å². The number of para-hydroxylation sites is 1. The lowest BCUT2D eigenvalue weighted by molar-refractivity contribution is -0.147. The summed E-state index contributed by atoms with van der Waals surface area (Å²) in [5.41, 5.74) is 9.56. The molecule has 36 heavy (non-hydrogen) atoms. The number of likely N-dealkylation sites (tertiary alicyclic amines) is 1. The van der Waals surface area contributed by atoms with Crippen molar-refractivity contribution >= 4 is 23.2 Å². The smallest absolute Gasteiger partial charge is 0.238 e. The molecule has 1 aliphatic carbocycles. The number of carbonyl (C=O) groups excluding carboxylic acids is 2. The monoisotopic (exact) mass is 489 g/mol. The predicted octanol–water partition coefficient (Wildman–Crippen LogP) is 4.10. The summed E-state index contributed by atoms with van der Waals surface area (Å²) in [5.74, 6) is -0.719. The molecule has 3 aliphatic rings. The van der Waals surface area contributed by atoms with Crippen LogP contribution < -0.4 is 16.0 Å². The van der Waals surface area contributed by atoms with Gasteiger partial charge >= 0.3 is 0 Å². The van der Waals surface area contributed by atoms with Gasteiger partial charge in [-0.2, -0.15) is 0 Å². The summed E-state index contributed by atoms with van der Waals surface area (Å²) in [4.78, 5) is 35.9. The van der Waals surface area contributed by atoms with E-state index in [0.29, 0.717) is 6.54 Å². The van der Waals surface area contributed by atoms with E-state index >= 15 is 0 Å². The van der Waals surface area contributed by atoms with Gasteiger partial charge in [0.25, 0.3) is 0 Å². The van der Waals surface area contributed by atoms with Crippen molar-refractivity contribution in [2.75, 3.05) is 25.0 Å². The first-order valence-electron chi connectivity index (χ1n) is 13.5. The number of benzene rings is 1. The number of fused-ring (bicyclic) bond motifs is 1. The van der Waals surface area contributed by atoms with Crippen molar-refractivity contribution in [2.24, 2.45) is 17.6 Å². The number of anilines is 2. The zero-order chi connectivity index (χ0) is 25.3. The van der Waals surface area contributed by atoms with Crippen LogP contribution in [0.25, 0.3) is 0 Å². The molecule has 7 nitrogen and oxygen atoms in total. The van der Waals surface area contributed by atoms with Crippen LogP contribution in [0.2, 0.25) is 0 Å². The van der Waals surface area contributed by atoms with Crippen LogP contribution in [0.1, 0.15) is 69.0 Å². The number of amides is 2. The maximum Gasteiger partial charge on any atom is 0.238 e. The average Bonchev–Trinajstić information content (AvgIpc) is 3.57. The standard InChI is InChI=1S/C29H39N5O2/c1-29(31-2,28(30)36)26(21-10-4-3-5-11-21)27(35)34-15-8-13-25(34)22-17-23(19-32-18-22)33-16-14-20-9-6-7-12-24(20)33/h6-7,9,12,17-19,21,25-26,31H,3-5,8,10-11,13-16H2,1-2H3,(H2,30,36)/t25-,26-,29?/m0/s1. The van der Waals surface area contributed by atoms with Gasteiger partial charge in [-0.25, -0.2) is 0 Å². The van der Waals surface area contributed by atoms with Crippen LogP contribution in [0.4, 0.5) is 11.4 Å². The number of nitrogens with one attached hydrogen (secondary N) is 1. The van der Waals surface area contributed by atoms with E-state index in [1.54, 1.807) is 7.05 Å². The van der Waals surface area contributed by atoms with Crippen molar-refractivity contribution in [1.82, 2.24) is 15.2 Å². The number of nitrogens with zero attached hydrogens (tertiary/aromatic N) is 3. The van der Waals surface area contributed by atoms with Gasteiger partial charge in [-0.15, -0.1) is 0 Å². The molecule has 192 valence electrons. The van der Waals surface area contributed by atoms with Gasteiger partial charge in [-0.1, -0.05) is 37.5 Å². The highest BCUT2D eigenvalue weighted by Gasteiger charge is 2.50. The summed E-state index contributed by atoms with van der Waals surface area (Å²) in [6, 6.07) is 10.7. The molecule has 2 aromatic rings. The van der Waals surface area contributed by atoms with Crippen LogP contribution in [-0.4, -0.2) is 47.4 Å². The molecule has 3 atom stereocenters. The highest BCUT2D eigenvalue weighted by atomic mass is 16.2. The van der Waals surface area contributed by atoms with Crippen LogP contribution in [0.3, 0.4) is 0 Å². The van der Waals surface area contributed by atoms with E-state index in [0.717, 1.165) is 62.7 Å². The fourth-order valence-corrected chi connectivity index (χ4v) is 6.76. The second-order valence-electron chi connectivity index (χ2n) is 10.9. The highest BCUT2D eigenvalue weighted by molar-refractivity contribution is 5.93. The number of aromatic nitrogens is 1. The number of rotatable bonds is 7. The molecule has 0 radical (unpaired) electrons. The number of nitrogens with two attached hydrogens (primary N) is 1. The van der Waals surface area contributed by atoms with E-state index in [4.69, 9.17) is 5.73 Å². The molecule has 1 aromatic heterocycles. The van der Waals surface area contributed by atoms with Gasteiger partial charge in [0.05, 0.1) is 23.8 Å². The molecule has 1 aromatic carbocycles. The van der Waals surface area contributed by atoms with Gasteiger partial charge in [0.2, 0.25) is 11.8 Å². The number of carbonyl (C=O) groups is 2. The van der Waals surface area contributed by atoms with E-state index in [1.807, 2.05) is 24.2 Å². The Labute approximate surface area is 214 Å². The van der Waals surface area contributed by atoms with Gasteiger partial charge in [-0.05, 0) is 75.3 Å². The molecule has 0 spiro atoms. The number of likely N-dealkylation sites (N-methyl/N-ethyl adjacent to an activating group) is 1. The second-order valence-corrected chi connectivity index (χ2v) is 10.9. The Morgan fingerprint density at radius 1 is 1.08 bits per heavy atom. The third-order valence-electron chi connectivity index (χ3n) is 8.90. The number of pyridine rings is 1. The van der Waals surface area contributed by atoms with Crippen LogP contribution >= 0.6 is 0 Å². The molecule has 5 rings (SSSR count). The van der Waals surface area contributed by atoms with E-state index in [9.17, 15) is 9.59 Å². The summed E-state index contributed by atoms with van der Waals surface area (Å²) < 4.78 is 0. The lowest BCUT2D eigenvalue weighted by Gasteiger charge is -2.43. The van der Waals surface area contributed by atoms with Crippen molar-refractivity contribution < 1.29 is 9.59 Å². The molecule has 1 unspecified atom stereocenters. The van der Waals surface area contributed by atoms with Crippen molar-refractivity contribution in [1.29, 1.82) is 0 Å². The molecule has 2 fully saturated rings. The number of primary amides is 1. The summed E-state index contributed by atoms with van der Waals surface area (Å²) >= 11 is 0. The van der Waals surface area contributed by atoms with Crippen molar-refractivity contribution in [3.63, 3.8) is 0 Å². The van der Waals surface area contributed by atoms with E-state index in [2.05, 4.69) is 45.5 Å². The highest BCUT2D eigenvalue weighted by Crippen LogP contribution is 2.42. The zero-order valence-corrected chi connectivity index (χ0v) is 21.6. The summed E-state index contributed by atoms with van der Waals surface area (Å²) in [6.45, 7) is 3.44. The first kappa shape index (κ1) is 24.8. The molecule has 7 heteroatoms. The molecule has 3 heterocycles. The van der Waals surface area contributed by atoms with E-state index < -0.39 is 17.4 Å². The van der Waals surface area contributed by atoms with Crippen LogP contribution in [0, 0.1) is 11.8 Å². The number of hydrogen-bond donors (Lipinski definition) is 2. The van der Waals surface area contributed by atoms with Gasteiger partial charge in [0, 0.05) is 25.0 Å². The fourth-order valence-electron chi connectivity index (χ4n) is 6.76. The average molecular weight is 490 g/mol. The molecule has 1 saturated carbocycles. The maximum atomic E-state index is 14.3. The fraction of sp³-hybridized carbons (Fsp3) is 0.552. The van der Waals surface area contributed by atoms with Gasteiger partial charge in [-0.3, -0.25) is 14.6 Å². The molecule has 0 bridgehead atoms. The quantitative estimate of drug-likeness (QED) is 0.611. The van der Waals surface area contributed by atoms with Gasteiger partial charge < -0.3 is 20.9 Å². The Hall–Kier alpha value is -2.93. The predicted molar refractivity (Wildman–Crippen MR) is 142 cm³/mol. The molecule has 3 N–H and O–H groups in total. The van der Waals surface area contributed by atoms with Crippen LogP contribution in [0.15, 0.2) is 42.7 Å². The Kier molecular flexibility index (Phi) is 7.02. The second kappa shape index (κ2) is 10.2. The molecule has 2 amide bonds. The van der Waals surface area contributed by atoms with Crippen LogP contribution in [0.5, 0.6) is 0 Å². The van der Waals surface area contributed by atoms with Gasteiger partial charge in [0.1, 0.15) is 5.54 Å². The lowest BCUT2D eigenvalue weighted by atomic mass is 9.69. The minimum atomic E-state index is -1.08. The maximum absolute atomic E-state index is 14.3. The Morgan fingerprint density at radius 2 is 1.86 bits per heavy atom. The summed E-state index contributed by atoms with van der Waals surface area (Å²) in [6.07, 6.45) is 12.0. The lowest BCUT2D eigenvalue weighted by Crippen LogP contribution is -2.63. The molecule has 1 saturated heterocycles. The minimum absolute atomic E-state index is 0.0390. The minimum Gasteiger partial charge on any atom is -0.368 e. The zero-order valence-electron chi connectivity index (χ0n) is 21.6. The molecular weight excluding hydrogens is 450 g/mol. The first-order valence-corrected chi connectivity index (χ1v) is 13.5. The van der Waals surface area contributed by atoms with E-state index in [-0.39, 0.29) is 17.9 Å². The SMILES string of the molecule is CNC(C)(C(N)=O)[C@H](C(=O)N1CCC[C@H]1c1cncc(N2CCc3ccccc32)c1)C1CCCCC1. The van der Waals surface area contributed by atoms with Crippen molar-refractivity contribution in [3.05, 3.63) is 53.9 Å². The van der Waals surface area contributed by atoms with Crippen molar-refractivity contribution in [2.45, 2.75) is 69.9 Å². The molecular formula is C29H39N5O2. The third kappa shape index (κ3) is 4.38. The Balaban J connectivity index is 1.44. The normalized spacial score (nSPS) is 22.8. The first-order chi connectivity index (χ1) is 17.4. The van der Waals surface area contributed by atoms with E-state index in [1.165, 1.54) is 17.7 Å². The molecule has 2 aliphatic heterocycles. The summed E-state index contributed by atoms with van der Waals surface area (Å²) in [7, 11) is 1.75. The summed E-state index contributed by atoms with van der Waals surface area (Å²) in [5, 5.41) is 3.15. The van der Waals surface area contributed by atoms with Gasteiger partial charge in [0.15, 0.2) is 0 Å². The Bertz CT molecular complexity index is 1110. The topological polar surface area (TPSA) is 91.6 Å².